The third-order valence-electron chi connectivity index (χ3n) is 2.24. The standard InChI is InChI=1S/C12H10ClF3O/c1-4-11(2,3)8-5-6-10(9(13)7-8)17-12(14,15)16/h1,5-7H,2-3H3. The molecule has 0 spiro atoms. The van der Waals surface area contributed by atoms with Gasteiger partial charge in [-0.1, -0.05) is 23.6 Å². The summed E-state index contributed by atoms with van der Waals surface area (Å²) in [4.78, 5) is 0. The van der Waals surface area contributed by atoms with E-state index in [0.29, 0.717) is 5.56 Å². The summed E-state index contributed by atoms with van der Waals surface area (Å²) < 4.78 is 39.8. The summed E-state index contributed by atoms with van der Waals surface area (Å²) in [7, 11) is 0. The monoisotopic (exact) mass is 262 g/mol. The molecule has 0 aromatic heterocycles. The van der Waals surface area contributed by atoms with Crippen molar-refractivity contribution >= 4 is 11.6 Å². The van der Waals surface area contributed by atoms with Gasteiger partial charge in [0.25, 0.3) is 0 Å². The minimum absolute atomic E-state index is 0.122. The van der Waals surface area contributed by atoms with E-state index in [4.69, 9.17) is 18.0 Å². The van der Waals surface area contributed by atoms with Crippen molar-refractivity contribution in [3.63, 3.8) is 0 Å². The van der Waals surface area contributed by atoms with E-state index >= 15 is 0 Å². The molecule has 0 radical (unpaired) electrons. The van der Waals surface area contributed by atoms with Gasteiger partial charge in [-0.2, -0.15) is 0 Å². The molecule has 0 atom stereocenters. The summed E-state index contributed by atoms with van der Waals surface area (Å²) in [6.07, 6.45) is 0.567. The van der Waals surface area contributed by atoms with Gasteiger partial charge in [0.05, 0.1) is 10.4 Å². The highest BCUT2D eigenvalue weighted by Crippen LogP contribution is 2.33. The maximum atomic E-state index is 12.0. The quantitative estimate of drug-likeness (QED) is 0.728. The zero-order valence-electron chi connectivity index (χ0n) is 9.23. The second kappa shape index (κ2) is 4.50. The zero-order valence-corrected chi connectivity index (χ0v) is 9.99. The van der Waals surface area contributed by atoms with E-state index in [0.717, 1.165) is 6.07 Å². The van der Waals surface area contributed by atoms with Crippen LogP contribution in [0.2, 0.25) is 5.02 Å². The van der Waals surface area contributed by atoms with Crippen LogP contribution < -0.4 is 4.74 Å². The topological polar surface area (TPSA) is 9.23 Å². The number of terminal acetylenes is 1. The average Bonchev–Trinajstić information content (AvgIpc) is 2.19. The van der Waals surface area contributed by atoms with E-state index in [1.807, 2.05) is 0 Å². The fraction of sp³-hybridized carbons (Fsp3) is 0.333. The van der Waals surface area contributed by atoms with E-state index < -0.39 is 17.5 Å². The van der Waals surface area contributed by atoms with Crippen LogP contribution in [0.5, 0.6) is 5.75 Å². The molecule has 1 aromatic carbocycles. The van der Waals surface area contributed by atoms with Gasteiger partial charge < -0.3 is 4.74 Å². The number of halogens is 4. The van der Waals surface area contributed by atoms with Crippen LogP contribution in [0, 0.1) is 12.3 Å². The minimum atomic E-state index is -4.76. The molecular formula is C12H10ClF3O. The summed E-state index contributed by atoms with van der Waals surface area (Å²) in [6, 6.07) is 4.00. The molecule has 17 heavy (non-hydrogen) atoms. The fourth-order valence-electron chi connectivity index (χ4n) is 1.18. The van der Waals surface area contributed by atoms with Crippen LogP contribution in [0.1, 0.15) is 19.4 Å². The van der Waals surface area contributed by atoms with Crippen molar-refractivity contribution in [1.82, 2.24) is 0 Å². The molecular weight excluding hydrogens is 253 g/mol. The molecule has 0 N–H and O–H groups in total. The molecule has 1 nitrogen and oxygen atoms in total. The number of hydrogen-bond donors (Lipinski definition) is 0. The first-order valence-corrected chi connectivity index (χ1v) is 5.07. The normalized spacial score (nSPS) is 12.1. The van der Waals surface area contributed by atoms with Crippen molar-refractivity contribution in [1.29, 1.82) is 0 Å². The molecule has 0 aliphatic heterocycles. The van der Waals surface area contributed by atoms with Crippen LogP contribution in [-0.2, 0) is 5.41 Å². The third kappa shape index (κ3) is 3.57. The maximum Gasteiger partial charge on any atom is 0.573 e. The van der Waals surface area contributed by atoms with Gasteiger partial charge >= 0.3 is 6.36 Å². The van der Waals surface area contributed by atoms with Crippen LogP contribution in [0.25, 0.3) is 0 Å². The van der Waals surface area contributed by atoms with Crippen LogP contribution in [-0.4, -0.2) is 6.36 Å². The summed E-state index contributed by atoms with van der Waals surface area (Å²) >= 11 is 5.70. The highest BCUT2D eigenvalue weighted by molar-refractivity contribution is 6.32. The van der Waals surface area contributed by atoms with Gasteiger partial charge in [-0.3, -0.25) is 0 Å². The molecule has 0 amide bonds. The highest BCUT2D eigenvalue weighted by Gasteiger charge is 2.32. The minimum Gasteiger partial charge on any atom is -0.404 e. The molecule has 0 saturated heterocycles. The van der Waals surface area contributed by atoms with Gasteiger partial charge in [0.1, 0.15) is 5.75 Å². The molecule has 92 valence electrons. The van der Waals surface area contributed by atoms with Gasteiger partial charge in [0, 0.05) is 0 Å². The van der Waals surface area contributed by atoms with Crippen LogP contribution in [0.4, 0.5) is 13.2 Å². The second-order valence-corrected chi connectivity index (χ2v) is 4.37. The number of benzene rings is 1. The van der Waals surface area contributed by atoms with E-state index in [2.05, 4.69) is 10.7 Å². The Balaban J connectivity index is 3.08. The van der Waals surface area contributed by atoms with Crippen LogP contribution >= 0.6 is 11.6 Å². The first-order chi connectivity index (χ1) is 7.65. The molecule has 0 unspecified atom stereocenters. The van der Waals surface area contributed by atoms with E-state index in [1.54, 1.807) is 13.8 Å². The second-order valence-electron chi connectivity index (χ2n) is 3.96. The molecule has 0 saturated carbocycles. The third-order valence-corrected chi connectivity index (χ3v) is 2.54. The Labute approximate surface area is 103 Å². The number of rotatable bonds is 2. The molecule has 0 aliphatic rings. The zero-order chi connectivity index (χ0) is 13.3. The van der Waals surface area contributed by atoms with Crippen LogP contribution in [0.15, 0.2) is 18.2 Å². The number of alkyl halides is 3. The number of ether oxygens (including phenoxy) is 1. The lowest BCUT2D eigenvalue weighted by Gasteiger charge is -2.19. The molecule has 1 aromatic rings. The summed E-state index contributed by atoms with van der Waals surface area (Å²) in [5.74, 6) is 2.10. The molecule has 0 aliphatic carbocycles. The lowest BCUT2D eigenvalue weighted by molar-refractivity contribution is -0.274. The van der Waals surface area contributed by atoms with Gasteiger partial charge in [-0.15, -0.1) is 19.6 Å². The Kier molecular flexibility index (Phi) is 3.63. The molecule has 0 bridgehead atoms. The van der Waals surface area contributed by atoms with E-state index in [1.165, 1.54) is 12.1 Å². The molecule has 0 fully saturated rings. The summed E-state index contributed by atoms with van der Waals surface area (Å²) in [6.45, 7) is 3.53. The molecule has 5 heteroatoms. The first kappa shape index (κ1) is 13.7. The van der Waals surface area contributed by atoms with E-state index in [-0.39, 0.29) is 5.02 Å². The predicted octanol–water partition coefficient (Wildman–Crippen LogP) is 4.15. The van der Waals surface area contributed by atoms with Crippen molar-refractivity contribution < 1.29 is 17.9 Å². The van der Waals surface area contributed by atoms with E-state index in [9.17, 15) is 13.2 Å². The summed E-state index contributed by atoms with van der Waals surface area (Å²) in [5, 5.41) is -0.122. The lowest BCUT2D eigenvalue weighted by Crippen LogP contribution is -2.18. The molecule has 0 heterocycles. The van der Waals surface area contributed by atoms with Crippen molar-refractivity contribution in [2.24, 2.45) is 0 Å². The smallest absolute Gasteiger partial charge is 0.404 e. The Bertz CT molecular complexity index is 458. The average molecular weight is 263 g/mol. The Morgan fingerprint density at radius 3 is 2.29 bits per heavy atom. The Hall–Kier alpha value is -1.34. The van der Waals surface area contributed by atoms with Crippen molar-refractivity contribution in [3.05, 3.63) is 28.8 Å². The molecule has 1 rings (SSSR count). The summed E-state index contributed by atoms with van der Waals surface area (Å²) in [5.41, 5.74) is 0.0555. The Morgan fingerprint density at radius 2 is 1.88 bits per heavy atom. The fourth-order valence-corrected chi connectivity index (χ4v) is 1.40. The SMILES string of the molecule is C#CC(C)(C)c1ccc(OC(F)(F)F)c(Cl)c1. The van der Waals surface area contributed by atoms with Gasteiger partial charge in [0.15, 0.2) is 0 Å². The lowest BCUT2D eigenvalue weighted by atomic mass is 9.86. The maximum absolute atomic E-state index is 12.0. The van der Waals surface area contributed by atoms with Gasteiger partial charge in [0.2, 0.25) is 0 Å². The highest BCUT2D eigenvalue weighted by atomic mass is 35.5. The van der Waals surface area contributed by atoms with Crippen molar-refractivity contribution in [3.8, 4) is 18.1 Å². The predicted molar refractivity (Wildman–Crippen MR) is 60.0 cm³/mol. The van der Waals surface area contributed by atoms with Gasteiger partial charge in [-0.05, 0) is 31.5 Å². The van der Waals surface area contributed by atoms with Crippen molar-refractivity contribution in [2.75, 3.05) is 0 Å². The largest absolute Gasteiger partial charge is 0.573 e. The van der Waals surface area contributed by atoms with Gasteiger partial charge in [-0.25, -0.2) is 0 Å². The Morgan fingerprint density at radius 1 is 1.29 bits per heavy atom. The van der Waals surface area contributed by atoms with Crippen LogP contribution in [0.3, 0.4) is 0 Å². The van der Waals surface area contributed by atoms with Crippen molar-refractivity contribution in [2.45, 2.75) is 25.6 Å². The first-order valence-electron chi connectivity index (χ1n) is 4.69. The number of hydrogen-bond acceptors (Lipinski definition) is 1.